The van der Waals surface area contributed by atoms with Crippen LogP contribution in [0.5, 0.6) is 0 Å². The molecule has 62 valence electrons. The molecule has 0 aliphatic heterocycles. The minimum absolute atomic E-state index is 0.197. The van der Waals surface area contributed by atoms with Gasteiger partial charge in [-0.05, 0) is 19.1 Å². The smallest absolute Gasteiger partial charge is 0.0931 e. The number of nitrogens with one attached hydrogen (secondary N) is 1. The summed E-state index contributed by atoms with van der Waals surface area (Å²) >= 11 is 4.47. The molecule has 1 aliphatic rings. The number of imidazole rings is 1. The van der Waals surface area contributed by atoms with Crippen LogP contribution in [0.1, 0.15) is 6.92 Å². The number of aromatic nitrogens is 2. The molecule has 0 fully saturated rings. The number of allylic oxidation sites excluding steroid dienone is 1. The Morgan fingerprint density at radius 1 is 1.58 bits per heavy atom. The first-order valence-electron chi connectivity index (χ1n) is 3.82. The Kier molecular flexibility index (Phi) is 1.61. The topological polar surface area (TPSA) is 28.7 Å². The Morgan fingerprint density at radius 2 is 2.42 bits per heavy atom. The van der Waals surface area contributed by atoms with Gasteiger partial charge >= 0.3 is 0 Å². The van der Waals surface area contributed by atoms with Gasteiger partial charge in [-0.25, -0.2) is 4.98 Å². The lowest BCUT2D eigenvalue weighted by Crippen LogP contribution is -2.26. The normalized spacial score (nSPS) is 26.8. The van der Waals surface area contributed by atoms with Gasteiger partial charge in [0.1, 0.15) is 0 Å². The fourth-order valence-electron chi connectivity index (χ4n) is 1.23. The number of rotatable bonds is 0. The van der Waals surface area contributed by atoms with E-state index >= 15 is 0 Å². The highest BCUT2D eigenvalue weighted by atomic mass is 32.1. The summed E-state index contributed by atoms with van der Waals surface area (Å²) in [7, 11) is 0. The highest BCUT2D eigenvalue weighted by molar-refractivity contribution is 7.82. The molecule has 1 atom stereocenters. The molecule has 0 saturated heterocycles. The maximum absolute atomic E-state index is 4.47. The SMILES string of the molecule is CC1(S)C=CC=c2[nH]cnc2=C1. The zero-order valence-corrected chi connectivity index (χ0v) is 7.68. The Balaban J connectivity index is 2.75. The fraction of sp³-hybridized carbons (Fsp3) is 0.222. The van der Waals surface area contributed by atoms with Gasteiger partial charge in [0.15, 0.2) is 0 Å². The van der Waals surface area contributed by atoms with E-state index in [-0.39, 0.29) is 4.75 Å². The van der Waals surface area contributed by atoms with Crippen LogP contribution in [0.25, 0.3) is 12.2 Å². The number of fused-ring (bicyclic) bond motifs is 1. The lowest BCUT2D eigenvalue weighted by molar-refractivity contribution is 1.07. The van der Waals surface area contributed by atoms with Crippen LogP contribution in [0, 0.1) is 0 Å². The molecule has 1 unspecified atom stereocenters. The van der Waals surface area contributed by atoms with E-state index in [1.54, 1.807) is 6.33 Å². The third kappa shape index (κ3) is 1.32. The third-order valence-electron chi connectivity index (χ3n) is 1.83. The summed E-state index contributed by atoms with van der Waals surface area (Å²) in [4.78, 5) is 7.23. The van der Waals surface area contributed by atoms with E-state index in [2.05, 4.69) is 22.6 Å². The molecule has 0 aromatic carbocycles. The molecule has 0 spiro atoms. The van der Waals surface area contributed by atoms with Crippen LogP contribution in [0.2, 0.25) is 0 Å². The first-order valence-corrected chi connectivity index (χ1v) is 4.26. The van der Waals surface area contributed by atoms with Crippen LogP contribution in [0.15, 0.2) is 18.5 Å². The standard InChI is InChI=1S/C9H10N2S/c1-9(12)4-2-3-7-8(5-9)11-6-10-7/h2-6,12H,1H3,(H,10,11). The lowest BCUT2D eigenvalue weighted by Gasteiger charge is -2.10. The first kappa shape index (κ1) is 7.68. The van der Waals surface area contributed by atoms with E-state index in [0.717, 1.165) is 10.7 Å². The number of H-pyrrole nitrogens is 1. The maximum Gasteiger partial charge on any atom is 0.0931 e. The fourth-order valence-corrected chi connectivity index (χ4v) is 1.44. The van der Waals surface area contributed by atoms with Crippen molar-refractivity contribution in [1.29, 1.82) is 0 Å². The second kappa shape index (κ2) is 2.52. The highest BCUT2D eigenvalue weighted by Gasteiger charge is 2.11. The molecule has 1 heterocycles. The van der Waals surface area contributed by atoms with Crippen molar-refractivity contribution in [2.75, 3.05) is 0 Å². The molecule has 0 amide bonds. The molecule has 0 saturated carbocycles. The van der Waals surface area contributed by atoms with Crippen LogP contribution in [-0.2, 0) is 0 Å². The molecule has 1 aromatic heterocycles. The average molecular weight is 178 g/mol. The molecule has 1 N–H and O–H groups in total. The maximum atomic E-state index is 4.47. The highest BCUT2D eigenvalue weighted by Crippen LogP contribution is 2.17. The van der Waals surface area contributed by atoms with E-state index in [9.17, 15) is 0 Å². The number of nitrogens with zero attached hydrogens (tertiary/aromatic N) is 1. The van der Waals surface area contributed by atoms with E-state index in [1.165, 1.54) is 0 Å². The van der Waals surface area contributed by atoms with Crippen molar-refractivity contribution >= 4 is 24.8 Å². The Morgan fingerprint density at radius 3 is 3.25 bits per heavy atom. The molecular weight excluding hydrogens is 168 g/mol. The molecule has 1 aromatic rings. The second-order valence-corrected chi connectivity index (χ2v) is 4.06. The summed E-state index contributed by atoms with van der Waals surface area (Å²) in [6.07, 6.45) is 9.75. The first-order chi connectivity index (χ1) is 5.67. The van der Waals surface area contributed by atoms with Crippen molar-refractivity contribution in [2.45, 2.75) is 11.7 Å². The van der Waals surface area contributed by atoms with Crippen LogP contribution >= 0.6 is 12.6 Å². The van der Waals surface area contributed by atoms with Gasteiger partial charge in [0.2, 0.25) is 0 Å². The summed E-state index contributed by atoms with van der Waals surface area (Å²) in [5.41, 5.74) is 0. The van der Waals surface area contributed by atoms with Gasteiger partial charge in [-0.15, -0.1) is 0 Å². The average Bonchev–Trinajstić information content (AvgIpc) is 2.31. The van der Waals surface area contributed by atoms with Crippen LogP contribution in [0.4, 0.5) is 0 Å². The predicted octanol–water partition coefficient (Wildman–Crippen LogP) is 0.229. The summed E-state index contributed by atoms with van der Waals surface area (Å²) in [6.45, 7) is 2.03. The molecule has 3 heteroatoms. The van der Waals surface area contributed by atoms with Gasteiger partial charge in [-0.3, -0.25) is 0 Å². The van der Waals surface area contributed by atoms with E-state index in [4.69, 9.17) is 0 Å². The lowest BCUT2D eigenvalue weighted by atomic mass is 10.1. The van der Waals surface area contributed by atoms with Gasteiger partial charge in [-0.1, -0.05) is 12.2 Å². The quantitative estimate of drug-likeness (QED) is 0.547. The number of hydrogen-bond acceptors (Lipinski definition) is 2. The summed E-state index contributed by atoms with van der Waals surface area (Å²) < 4.78 is -0.197. The zero-order valence-electron chi connectivity index (χ0n) is 6.78. The van der Waals surface area contributed by atoms with Gasteiger partial charge in [0.05, 0.1) is 17.0 Å². The van der Waals surface area contributed by atoms with Crippen LogP contribution in [0.3, 0.4) is 0 Å². The monoisotopic (exact) mass is 178 g/mol. The van der Waals surface area contributed by atoms with Crippen LogP contribution in [-0.4, -0.2) is 14.7 Å². The van der Waals surface area contributed by atoms with E-state index < -0.39 is 0 Å². The van der Waals surface area contributed by atoms with Gasteiger partial charge in [-0.2, -0.15) is 12.6 Å². The largest absolute Gasteiger partial charge is 0.345 e. The van der Waals surface area contributed by atoms with Crippen molar-refractivity contribution in [3.63, 3.8) is 0 Å². The molecule has 2 rings (SSSR count). The second-order valence-electron chi connectivity index (χ2n) is 3.10. The number of aromatic amines is 1. The van der Waals surface area contributed by atoms with Gasteiger partial charge in [0.25, 0.3) is 0 Å². The summed E-state index contributed by atoms with van der Waals surface area (Å²) in [5, 5.41) is 2.02. The predicted molar refractivity (Wildman–Crippen MR) is 53.3 cm³/mol. The van der Waals surface area contributed by atoms with Gasteiger partial charge < -0.3 is 4.98 Å². The Hall–Kier alpha value is -0.960. The number of hydrogen-bond donors (Lipinski definition) is 2. The molecule has 1 aliphatic carbocycles. The van der Waals surface area contributed by atoms with Crippen molar-refractivity contribution in [3.8, 4) is 0 Å². The van der Waals surface area contributed by atoms with Crippen molar-refractivity contribution in [3.05, 3.63) is 29.2 Å². The molecule has 0 radical (unpaired) electrons. The Bertz CT molecular complexity index is 426. The van der Waals surface area contributed by atoms with Crippen LogP contribution < -0.4 is 10.7 Å². The van der Waals surface area contributed by atoms with Crippen molar-refractivity contribution in [1.82, 2.24) is 9.97 Å². The minimum atomic E-state index is -0.197. The molecule has 0 bridgehead atoms. The Labute approximate surface area is 76.1 Å². The van der Waals surface area contributed by atoms with E-state index in [1.807, 2.05) is 31.2 Å². The zero-order chi connectivity index (χ0) is 8.60. The molecule has 12 heavy (non-hydrogen) atoms. The van der Waals surface area contributed by atoms with E-state index in [0.29, 0.717) is 0 Å². The minimum Gasteiger partial charge on any atom is -0.345 e. The number of thiol groups is 1. The molecule has 2 nitrogen and oxygen atoms in total. The molecular formula is C9H10N2S. The van der Waals surface area contributed by atoms with Gasteiger partial charge in [0, 0.05) is 4.75 Å². The van der Waals surface area contributed by atoms with Crippen molar-refractivity contribution < 1.29 is 0 Å². The van der Waals surface area contributed by atoms with Crippen molar-refractivity contribution in [2.24, 2.45) is 0 Å². The third-order valence-corrected chi connectivity index (χ3v) is 2.10. The summed E-state index contributed by atoms with van der Waals surface area (Å²) in [5.74, 6) is 0. The summed E-state index contributed by atoms with van der Waals surface area (Å²) in [6, 6.07) is 0.